The van der Waals surface area contributed by atoms with Crippen LogP contribution in [0.2, 0.25) is 0 Å². The van der Waals surface area contributed by atoms with E-state index in [1.807, 2.05) is 6.92 Å². The van der Waals surface area contributed by atoms with E-state index in [2.05, 4.69) is 26.3 Å². The molecule has 2 amide bonds. The number of halogens is 1. The summed E-state index contributed by atoms with van der Waals surface area (Å²) in [7, 11) is 1.63. The lowest BCUT2D eigenvalue weighted by Gasteiger charge is -2.07. The van der Waals surface area contributed by atoms with Gasteiger partial charge in [-0.25, -0.2) is 0 Å². The third-order valence-electron chi connectivity index (χ3n) is 3.18. The molecule has 0 aliphatic carbocycles. The fourth-order valence-corrected chi connectivity index (χ4v) is 2.46. The number of aryl methyl sites for hydroxylation is 2. The van der Waals surface area contributed by atoms with Crippen LogP contribution in [0.4, 0.5) is 5.69 Å². The van der Waals surface area contributed by atoms with Crippen molar-refractivity contribution in [2.45, 2.75) is 19.8 Å². The van der Waals surface area contributed by atoms with Gasteiger partial charge in [-0.05, 0) is 30.7 Å². The SMILES string of the molecule is CCCc1nn(C)c(C(N)=O)c1NC(=O)c1ccc(Br)cc1. The van der Waals surface area contributed by atoms with Crippen LogP contribution in [0, 0.1) is 0 Å². The zero-order valence-electron chi connectivity index (χ0n) is 12.4. The van der Waals surface area contributed by atoms with Crippen LogP contribution in [0.25, 0.3) is 0 Å². The minimum absolute atomic E-state index is 0.203. The minimum atomic E-state index is -0.622. The summed E-state index contributed by atoms with van der Waals surface area (Å²) in [5.41, 5.74) is 7.15. The summed E-state index contributed by atoms with van der Waals surface area (Å²) in [6.07, 6.45) is 1.49. The van der Waals surface area contributed by atoms with Crippen LogP contribution in [-0.2, 0) is 13.5 Å². The van der Waals surface area contributed by atoms with Crippen molar-refractivity contribution in [3.8, 4) is 0 Å². The zero-order chi connectivity index (χ0) is 16.3. The van der Waals surface area contributed by atoms with Crippen LogP contribution in [0.5, 0.6) is 0 Å². The van der Waals surface area contributed by atoms with E-state index in [1.54, 1.807) is 31.3 Å². The second-order valence-electron chi connectivity index (χ2n) is 4.87. The number of carbonyl (C=O) groups excluding carboxylic acids is 2. The van der Waals surface area contributed by atoms with Crippen LogP contribution in [0.3, 0.4) is 0 Å². The summed E-state index contributed by atoms with van der Waals surface area (Å²) >= 11 is 3.32. The topological polar surface area (TPSA) is 90.0 Å². The molecule has 2 aromatic rings. The molecular weight excluding hydrogens is 348 g/mol. The Bertz CT molecular complexity index is 707. The highest BCUT2D eigenvalue weighted by Crippen LogP contribution is 2.22. The molecule has 116 valence electrons. The third-order valence-corrected chi connectivity index (χ3v) is 3.71. The van der Waals surface area contributed by atoms with E-state index in [1.165, 1.54) is 4.68 Å². The van der Waals surface area contributed by atoms with E-state index in [4.69, 9.17) is 5.73 Å². The van der Waals surface area contributed by atoms with Gasteiger partial charge in [-0.1, -0.05) is 29.3 Å². The molecule has 1 aromatic carbocycles. The van der Waals surface area contributed by atoms with Gasteiger partial charge in [0.2, 0.25) is 0 Å². The second kappa shape index (κ2) is 6.74. The monoisotopic (exact) mass is 364 g/mol. The van der Waals surface area contributed by atoms with Crippen molar-refractivity contribution in [1.82, 2.24) is 9.78 Å². The molecule has 0 spiro atoms. The standard InChI is InChI=1S/C15H17BrN4O2/c1-3-4-11-12(13(14(17)21)20(2)19-11)18-15(22)9-5-7-10(16)8-6-9/h5-8H,3-4H2,1-2H3,(H2,17,21)(H,18,22). The molecular formula is C15H17BrN4O2. The first kappa shape index (κ1) is 16.2. The van der Waals surface area contributed by atoms with Gasteiger partial charge < -0.3 is 11.1 Å². The quantitative estimate of drug-likeness (QED) is 0.853. The van der Waals surface area contributed by atoms with E-state index < -0.39 is 5.91 Å². The van der Waals surface area contributed by atoms with Gasteiger partial charge in [-0.3, -0.25) is 14.3 Å². The van der Waals surface area contributed by atoms with E-state index in [9.17, 15) is 9.59 Å². The third kappa shape index (κ3) is 3.36. The Morgan fingerprint density at radius 1 is 1.32 bits per heavy atom. The fraction of sp³-hybridized carbons (Fsp3) is 0.267. The largest absolute Gasteiger partial charge is 0.364 e. The molecule has 22 heavy (non-hydrogen) atoms. The van der Waals surface area contributed by atoms with Crippen LogP contribution in [-0.4, -0.2) is 21.6 Å². The number of nitrogens with one attached hydrogen (secondary N) is 1. The van der Waals surface area contributed by atoms with Gasteiger partial charge in [0.25, 0.3) is 11.8 Å². The summed E-state index contributed by atoms with van der Waals surface area (Å²) in [5, 5.41) is 7.04. The van der Waals surface area contributed by atoms with Crippen molar-refractivity contribution in [3.63, 3.8) is 0 Å². The Balaban J connectivity index is 2.36. The lowest BCUT2D eigenvalue weighted by atomic mass is 10.1. The summed E-state index contributed by atoms with van der Waals surface area (Å²) in [6, 6.07) is 6.94. The highest BCUT2D eigenvalue weighted by Gasteiger charge is 2.21. The normalized spacial score (nSPS) is 10.5. The Hall–Kier alpha value is -2.15. The van der Waals surface area contributed by atoms with Gasteiger partial charge in [0.05, 0.1) is 11.4 Å². The molecule has 0 bridgehead atoms. The number of amides is 2. The number of rotatable bonds is 5. The highest BCUT2D eigenvalue weighted by atomic mass is 79.9. The molecule has 0 saturated carbocycles. The molecule has 3 N–H and O–H groups in total. The molecule has 0 unspecified atom stereocenters. The van der Waals surface area contributed by atoms with Crippen molar-refractivity contribution >= 4 is 33.4 Å². The Morgan fingerprint density at radius 2 is 1.95 bits per heavy atom. The van der Waals surface area contributed by atoms with Crippen LogP contribution >= 0.6 is 15.9 Å². The lowest BCUT2D eigenvalue weighted by Crippen LogP contribution is -2.20. The lowest BCUT2D eigenvalue weighted by molar-refractivity contribution is 0.0992. The zero-order valence-corrected chi connectivity index (χ0v) is 14.0. The average molecular weight is 365 g/mol. The number of hydrogen-bond donors (Lipinski definition) is 2. The molecule has 0 aliphatic rings. The maximum atomic E-state index is 12.4. The number of anilines is 1. The molecule has 1 aromatic heterocycles. The van der Waals surface area contributed by atoms with Gasteiger partial charge in [0.15, 0.2) is 0 Å². The summed E-state index contributed by atoms with van der Waals surface area (Å²) < 4.78 is 2.29. The highest BCUT2D eigenvalue weighted by molar-refractivity contribution is 9.10. The van der Waals surface area contributed by atoms with Gasteiger partial charge in [-0.15, -0.1) is 0 Å². The number of nitrogens with zero attached hydrogens (tertiary/aromatic N) is 2. The average Bonchev–Trinajstić information content (AvgIpc) is 2.76. The predicted molar refractivity (Wildman–Crippen MR) is 87.8 cm³/mol. The van der Waals surface area contributed by atoms with Crippen molar-refractivity contribution in [1.29, 1.82) is 0 Å². The van der Waals surface area contributed by atoms with Crippen molar-refractivity contribution in [2.24, 2.45) is 12.8 Å². The number of carbonyl (C=O) groups is 2. The van der Waals surface area contributed by atoms with Crippen molar-refractivity contribution < 1.29 is 9.59 Å². The molecule has 1 heterocycles. The predicted octanol–water partition coefficient (Wildman–Crippen LogP) is 2.49. The smallest absolute Gasteiger partial charge is 0.269 e. The van der Waals surface area contributed by atoms with E-state index in [0.717, 1.165) is 10.9 Å². The first-order chi connectivity index (χ1) is 10.4. The van der Waals surface area contributed by atoms with Gasteiger partial charge in [0, 0.05) is 17.1 Å². The minimum Gasteiger partial charge on any atom is -0.364 e. The van der Waals surface area contributed by atoms with E-state index >= 15 is 0 Å². The summed E-state index contributed by atoms with van der Waals surface area (Å²) in [6.45, 7) is 2.00. The molecule has 6 nitrogen and oxygen atoms in total. The maximum Gasteiger partial charge on any atom is 0.269 e. The van der Waals surface area contributed by atoms with Crippen LogP contribution in [0.1, 0.15) is 39.9 Å². The van der Waals surface area contributed by atoms with Crippen molar-refractivity contribution in [3.05, 3.63) is 45.7 Å². The Labute approximate surface area is 136 Å². The first-order valence-corrected chi connectivity index (χ1v) is 7.66. The number of primary amides is 1. The fourth-order valence-electron chi connectivity index (χ4n) is 2.19. The molecule has 0 atom stereocenters. The first-order valence-electron chi connectivity index (χ1n) is 6.86. The van der Waals surface area contributed by atoms with Gasteiger partial charge in [-0.2, -0.15) is 5.10 Å². The number of hydrogen-bond acceptors (Lipinski definition) is 3. The molecule has 0 saturated heterocycles. The molecule has 7 heteroatoms. The second-order valence-corrected chi connectivity index (χ2v) is 5.78. The molecule has 0 fully saturated rings. The number of nitrogens with two attached hydrogens (primary N) is 1. The van der Waals surface area contributed by atoms with E-state index in [-0.39, 0.29) is 11.6 Å². The molecule has 0 radical (unpaired) electrons. The number of aromatic nitrogens is 2. The number of benzene rings is 1. The van der Waals surface area contributed by atoms with Gasteiger partial charge in [0.1, 0.15) is 5.69 Å². The van der Waals surface area contributed by atoms with Crippen LogP contribution < -0.4 is 11.1 Å². The Morgan fingerprint density at radius 3 is 2.50 bits per heavy atom. The molecule has 2 rings (SSSR count). The molecule has 0 aliphatic heterocycles. The Kier molecular flexibility index (Phi) is 4.97. The van der Waals surface area contributed by atoms with Gasteiger partial charge >= 0.3 is 0 Å². The van der Waals surface area contributed by atoms with E-state index in [0.29, 0.717) is 23.4 Å². The summed E-state index contributed by atoms with van der Waals surface area (Å²) in [4.78, 5) is 24.0. The van der Waals surface area contributed by atoms with Crippen molar-refractivity contribution in [2.75, 3.05) is 5.32 Å². The van der Waals surface area contributed by atoms with Crippen LogP contribution in [0.15, 0.2) is 28.7 Å². The summed E-state index contributed by atoms with van der Waals surface area (Å²) in [5.74, 6) is -0.927. The maximum absolute atomic E-state index is 12.4.